The molecule has 17 heavy (non-hydrogen) atoms. The monoisotopic (exact) mass is 242 g/mol. The van der Waals surface area contributed by atoms with E-state index in [0.717, 1.165) is 13.0 Å². The number of nitrogens with zero attached hydrogens (tertiary/aromatic N) is 2. The van der Waals surface area contributed by atoms with Crippen molar-refractivity contribution >= 4 is 11.9 Å². The minimum absolute atomic E-state index is 0.0832. The highest BCUT2D eigenvalue weighted by Gasteiger charge is 2.43. The summed E-state index contributed by atoms with van der Waals surface area (Å²) in [5.74, 6) is -1.00. The molecule has 0 radical (unpaired) electrons. The minimum atomic E-state index is -0.921. The van der Waals surface area contributed by atoms with Gasteiger partial charge in [0.2, 0.25) is 5.91 Å². The molecule has 1 N–H and O–H groups in total. The molecular weight excluding hydrogens is 220 g/mol. The first-order chi connectivity index (χ1) is 7.79. The number of piperazine rings is 1. The van der Waals surface area contributed by atoms with Crippen LogP contribution in [-0.4, -0.2) is 58.5 Å². The second-order valence-corrected chi connectivity index (χ2v) is 5.31. The Bertz CT molecular complexity index is 315. The lowest BCUT2D eigenvalue weighted by Crippen LogP contribution is -2.66. The van der Waals surface area contributed by atoms with Gasteiger partial charge >= 0.3 is 5.97 Å². The summed E-state index contributed by atoms with van der Waals surface area (Å²) in [5, 5.41) is 8.93. The van der Waals surface area contributed by atoms with E-state index in [-0.39, 0.29) is 17.9 Å². The van der Waals surface area contributed by atoms with Gasteiger partial charge in [0.15, 0.2) is 0 Å². The molecule has 0 bridgehead atoms. The first-order valence-electron chi connectivity index (χ1n) is 6.03. The van der Waals surface area contributed by atoms with E-state index < -0.39 is 12.0 Å². The molecule has 1 heterocycles. The van der Waals surface area contributed by atoms with Gasteiger partial charge in [-0.25, -0.2) is 0 Å². The standard InChI is InChI=1S/C12H22N2O3/c1-5-6-14-9(7-10(15)16)11(17)13(4)8-12(14,2)3/h9H,5-8H2,1-4H3,(H,15,16). The lowest BCUT2D eigenvalue weighted by atomic mass is 9.93. The van der Waals surface area contributed by atoms with Gasteiger partial charge in [0.1, 0.15) is 6.04 Å². The van der Waals surface area contributed by atoms with Crippen LogP contribution in [0.15, 0.2) is 0 Å². The van der Waals surface area contributed by atoms with Crippen LogP contribution in [0.3, 0.4) is 0 Å². The van der Waals surface area contributed by atoms with Gasteiger partial charge in [-0.3, -0.25) is 14.5 Å². The van der Waals surface area contributed by atoms with Crippen molar-refractivity contribution in [2.75, 3.05) is 20.1 Å². The molecule has 1 atom stereocenters. The van der Waals surface area contributed by atoms with Gasteiger partial charge in [-0.2, -0.15) is 0 Å². The molecule has 0 spiro atoms. The zero-order valence-corrected chi connectivity index (χ0v) is 11.1. The van der Waals surface area contributed by atoms with E-state index in [1.165, 1.54) is 0 Å². The molecule has 0 aliphatic carbocycles. The summed E-state index contributed by atoms with van der Waals surface area (Å²) in [7, 11) is 1.74. The Kier molecular flexibility index (Phi) is 4.14. The summed E-state index contributed by atoms with van der Waals surface area (Å²) >= 11 is 0. The van der Waals surface area contributed by atoms with E-state index in [1.54, 1.807) is 11.9 Å². The second kappa shape index (κ2) is 5.04. The van der Waals surface area contributed by atoms with Crippen LogP contribution in [0.2, 0.25) is 0 Å². The van der Waals surface area contributed by atoms with E-state index in [2.05, 4.69) is 13.8 Å². The summed E-state index contributed by atoms with van der Waals surface area (Å²) in [6.45, 7) is 7.55. The molecule has 1 saturated heterocycles. The number of carboxylic acids is 1. The predicted octanol–water partition coefficient (Wildman–Crippen LogP) is 0.792. The quantitative estimate of drug-likeness (QED) is 0.792. The van der Waals surface area contributed by atoms with E-state index >= 15 is 0 Å². The van der Waals surface area contributed by atoms with Crippen LogP contribution >= 0.6 is 0 Å². The SMILES string of the molecule is CCCN1C(CC(=O)O)C(=O)N(C)CC1(C)C. The first-order valence-corrected chi connectivity index (χ1v) is 6.03. The molecular formula is C12H22N2O3. The average molecular weight is 242 g/mol. The van der Waals surface area contributed by atoms with Crippen molar-refractivity contribution in [3.05, 3.63) is 0 Å². The van der Waals surface area contributed by atoms with Crippen molar-refractivity contribution in [2.45, 2.75) is 45.2 Å². The second-order valence-electron chi connectivity index (χ2n) is 5.31. The number of amides is 1. The Labute approximate surface area is 102 Å². The molecule has 5 heteroatoms. The van der Waals surface area contributed by atoms with E-state index in [9.17, 15) is 9.59 Å². The highest BCUT2D eigenvalue weighted by Crippen LogP contribution is 2.27. The van der Waals surface area contributed by atoms with Gasteiger partial charge in [-0.05, 0) is 26.8 Å². The highest BCUT2D eigenvalue weighted by molar-refractivity contribution is 5.87. The average Bonchev–Trinajstić information content (AvgIpc) is 2.19. The van der Waals surface area contributed by atoms with Crippen molar-refractivity contribution in [1.29, 1.82) is 0 Å². The predicted molar refractivity (Wildman–Crippen MR) is 64.8 cm³/mol. The van der Waals surface area contributed by atoms with Crippen LogP contribution in [0.5, 0.6) is 0 Å². The number of likely N-dealkylation sites (N-methyl/N-ethyl adjacent to an activating group) is 1. The van der Waals surface area contributed by atoms with Gasteiger partial charge in [0, 0.05) is 19.1 Å². The fraction of sp³-hybridized carbons (Fsp3) is 0.833. The number of hydrogen-bond donors (Lipinski definition) is 1. The lowest BCUT2D eigenvalue weighted by molar-refractivity contribution is -0.154. The van der Waals surface area contributed by atoms with Crippen molar-refractivity contribution < 1.29 is 14.7 Å². The van der Waals surface area contributed by atoms with Crippen molar-refractivity contribution in [3.63, 3.8) is 0 Å². The van der Waals surface area contributed by atoms with Crippen LogP contribution in [0.25, 0.3) is 0 Å². The molecule has 1 amide bonds. The third-order valence-electron chi connectivity index (χ3n) is 3.27. The molecule has 1 aliphatic heterocycles. The molecule has 5 nitrogen and oxygen atoms in total. The number of carbonyl (C=O) groups is 2. The van der Waals surface area contributed by atoms with Crippen molar-refractivity contribution in [2.24, 2.45) is 0 Å². The van der Waals surface area contributed by atoms with Gasteiger partial charge in [-0.15, -0.1) is 0 Å². The zero-order chi connectivity index (χ0) is 13.2. The van der Waals surface area contributed by atoms with Gasteiger partial charge in [0.05, 0.1) is 6.42 Å². The Balaban J connectivity index is 2.98. The summed E-state index contributed by atoms with van der Waals surface area (Å²) < 4.78 is 0. The smallest absolute Gasteiger partial charge is 0.305 e. The van der Waals surface area contributed by atoms with E-state index in [4.69, 9.17) is 5.11 Å². The molecule has 1 fully saturated rings. The van der Waals surface area contributed by atoms with Gasteiger partial charge < -0.3 is 10.0 Å². The van der Waals surface area contributed by atoms with Crippen LogP contribution in [0, 0.1) is 0 Å². The van der Waals surface area contributed by atoms with Crippen LogP contribution in [-0.2, 0) is 9.59 Å². The molecule has 0 aromatic rings. The largest absolute Gasteiger partial charge is 0.481 e. The van der Waals surface area contributed by atoms with Gasteiger partial charge in [-0.1, -0.05) is 6.92 Å². The number of aliphatic carboxylic acids is 1. The maximum Gasteiger partial charge on any atom is 0.305 e. The molecule has 98 valence electrons. The number of hydrogen-bond acceptors (Lipinski definition) is 3. The topological polar surface area (TPSA) is 60.9 Å². The molecule has 1 unspecified atom stereocenters. The van der Waals surface area contributed by atoms with Crippen molar-refractivity contribution in [1.82, 2.24) is 9.80 Å². The van der Waals surface area contributed by atoms with Crippen LogP contribution in [0.1, 0.15) is 33.6 Å². The molecule has 0 aromatic heterocycles. The summed E-state index contributed by atoms with van der Waals surface area (Å²) in [4.78, 5) is 26.6. The summed E-state index contributed by atoms with van der Waals surface area (Å²) in [5.41, 5.74) is -0.168. The number of carbonyl (C=O) groups excluding carboxylic acids is 1. The van der Waals surface area contributed by atoms with E-state index in [0.29, 0.717) is 6.54 Å². The number of rotatable bonds is 4. The Hall–Kier alpha value is -1.10. The third-order valence-corrected chi connectivity index (χ3v) is 3.27. The number of carboxylic acid groups (broad SMARTS) is 1. The maximum absolute atomic E-state index is 12.1. The van der Waals surface area contributed by atoms with Crippen LogP contribution in [0.4, 0.5) is 0 Å². The van der Waals surface area contributed by atoms with Crippen LogP contribution < -0.4 is 0 Å². The molecule has 0 saturated carbocycles. The first kappa shape index (κ1) is 14.0. The Morgan fingerprint density at radius 3 is 2.59 bits per heavy atom. The minimum Gasteiger partial charge on any atom is -0.481 e. The Morgan fingerprint density at radius 1 is 1.53 bits per heavy atom. The fourth-order valence-electron chi connectivity index (χ4n) is 2.62. The van der Waals surface area contributed by atoms with Gasteiger partial charge in [0.25, 0.3) is 0 Å². The molecule has 1 aliphatic rings. The van der Waals surface area contributed by atoms with Crippen molar-refractivity contribution in [3.8, 4) is 0 Å². The fourth-order valence-corrected chi connectivity index (χ4v) is 2.62. The maximum atomic E-state index is 12.1. The highest BCUT2D eigenvalue weighted by atomic mass is 16.4. The van der Waals surface area contributed by atoms with E-state index in [1.807, 2.05) is 11.8 Å². The normalized spacial score (nSPS) is 25.1. The summed E-state index contributed by atoms with van der Waals surface area (Å²) in [6, 6.07) is -0.527. The Morgan fingerprint density at radius 2 is 2.12 bits per heavy atom. The summed E-state index contributed by atoms with van der Waals surface area (Å²) in [6.07, 6.45) is 0.795. The molecule has 0 aromatic carbocycles. The lowest BCUT2D eigenvalue weighted by Gasteiger charge is -2.49. The zero-order valence-electron chi connectivity index (χ0n) is 11.1. The third kappa shape index (κ3) is 2.97. The molecule has 1 rings (SSSR count).